The van der Waals surface area contributed by atoms with E-state index >= 15 is 0 Å². The van der Waals surface area contributed by atoms with E-state index < -0.39 is 18.5 Å². The molecule has 8 heteroatoms. The minimum absolute atomic E-state index is 0.106. The second kappa shape index (κ2) is 8.30. The van der Waals surface area contributed by atoms with Crippen LogP contribution < -0.4 is 15.0 Å². The molecule has 1 aromatic carbocycles. The van der Waals surface area contributed by atoms with Crippen LogP contribution in [0, 0.1) is 5.92 Å². The summed E-state index contributed by atoms with van der Waals surface area (Å²) in [4.78, 5) is 36.2. The molecule has 1 aromatic rings. The van der Waals surface area contributed by atoms with Crippen molar-refractivity contribution in [3.63, 3.8) is 0 Å². The fourth-order valence-electron chi connectivity index (χ4n) is 2.52. The number of carboxylic acids is 1. The molecule has 0 radical (unpaired) electrons. The summed E-state index contributed by atoms with van der Waals surface area (Å²) in [6, 6.07) is 7.15. The van der Waals surface area contributed by atoms with Crippen molar-refractivity contribution in [1.82, 2.24) is 5.32 Å². The van der Waals surface area contributed by atoms with Crippen LogP contribution in [0.15, 0.2) is 24.3 Å². The summed E-state index contributed by atoms with van der Waals surface area (Å²) >= 11 is 0. The number of rotatable bonds is 8. The molecule has 0 aromatic heterocycles. The number of hydrogen-bond acceptors (Lipinski definition) is 5. The molecule has 1 heterocycles. The maximum atomic E-state index is 12.2. The van der Waals surface area contributed by atoms with Gasteiger partial charge in [-0.3, -0.25) is 9.59 Å². The fraction of sp³-hybridized carbons (Fsp3) is 0.438. The number of carbonyl (C=O) groups is 3. The Bertz CT molecular complexity index is 618. The van der Waals surface area contributed by atoms with E-state index in [0.717, 1.165) is 0 Å². The van der Waals surface area contributed by atoms with Gasteiger partial charge in [-0.05, 0) is 12.1 Å². The molecule has 1 atom stereocenters. The average Bonchev–Trinajstić information content (AvgIpc) is 2.95. The molecule has 130 valence electrons. The van der Waals surface area contributed by atoms with Crippen molar-refractivity contribution >= 4 is 23.5 Å². The average molecular weight is 336 g/mol. The van der Waals surface area contributed by atoms with Gasteiger partial charge in [-0.15, -0.1) is 0 Å². The lowest BCUT2D eigenvalue weighted by Gasteiger charge is -2.19. The molecule has 1 aliphatic rings. The second-order valence-electron chi connectivity index (χ2n) is 5.31. The van der Waals surface area contributed by atoms with Gasteiger partial charge in [0, 0.05) is 19.5 Å². The summed E-state index contributed by atoms with van der Waals surface area (Å²) in [6.45, 7) is 0.181. The van der Waals surface area contributed by atoms with Crippen molar-refractivity contribution in [3.05, 3.63) is 24.3 Å². The van der Waals surface area contributed by atoms with E-state index in [1.165, 1.54) is 7.11 Å². The number of nitrogens with one attached hydrogen (secondary N) is 1. The number of amides is 2. The fourth-order valence-corrected chi connectivity index (χ4v) is 2.52. The molecule has 0 aliphatic carbocycles. The topological polar surface area (TPSA) is 105 Å². The van der Waals surface area contributed by atoms with Crippen LogP contribution in [0.2, 0.25) is 0 Å². The van der Waals surface area contributed by atoms with E-state index in [1.54, 1.807) is 23.1 Å². The minimum Gasteiger partial charge on any atom is -0.495 e. The van der Waals surface area contributed by atoms with Gasteiger partial charge in [0.25, 0.3) is 0 Å². The number of carboxylic acid groups (broad SMARTS) is 1. The van der Waals surface area contributed by atoms with Crippen LogP contribution in [0.25, 0.3) is 0 Å². The summed E-state index contributed by atoms with van der Waals surface area (Å²) in [7, 11) is 1.53. The van der Waals surface area contributed by atoms with Crippen molar-refractivity contribution in [2.45, 2.75) is 6.42 Å². The Labute approximate surface area is 139 Å². The normalized spacial score (nSPS) is 17.0. The molecule has 1 aliphatic heterocycles. The summed E-state index contributed by atoms with van der Waals surface area (Å²) in [5.74, 6) is -1.33. The van der Waals surface area contributed by atoms with Gasteiger partial charge in [0.2, 0.25) is 11.8 Å². The third kappa shape index (κ3) is 4.45. The lowest BCUT2D eigenvalue weighted by atomic mass is 10.1. The van der Waals surface area contributed by atoms with E-state index in [-0.39, 0.29) is 37.9 Å². The number of benzene rings is 1. The first-order chi connectivity index (χ1) is 11.5. The van der Waals surface area contributed by atoms with Gasteiger partial charge >= 0.3 is 5.97 Å². The third-order valence-corrected chi connectivity index (χ3v) is 3.64. The molecule has 1 unspecified atom stereocenters. The molecule has 24 heavy (non-hydrogen) atoms. The van der Waals surface area contributed by atoms with E-state index in [1.807, 2.05) is 6.07 Å². The highest BCUT2D eigenvalue weighted by Gasteiger charge is 2.36. The van der Waals surface area contributed by atoms with Gasteiger partial charge in [0.05, 0.1) is 25.3 Å². The first kappa shape index (κ1) is 17.7. The highest BCUT2D eigenvalue weighted by Crippen LogP contribution is 2.32. The largest absolute Gasteiger partial charge is 0.495 e. The monoisotopic (exact) mass is 336 g/mol. The number of anilines is 1. The van der Waals surface area contributed by atoms with Crippen molar-refractivity contribution < 1.29 is 29.0 Å². The number of ether oxygens (including phenoxy) is 2. The van der Waals surface area contributed by atoms with Crippen LogP contribution in [0.3, 0.4) is 0 Å². The van der Waals surface area contributed by atoms with Crippen LogP contribution in [-0.4, -0.2) is 56.3 Å². The SMILES string of the molecule is COc1ccccc1N1CC(C(=O)NCCOCC(=O)O)CC1=O. The number of nitrogens with zero attached hydrogens (tertiary/aromatic N) is 1. The third-order valence-electron chi connectivity index (χ3n) is 3.64. The molecule has 1 fully saturated rings. The van der Waals surface area contributed by atoms with E-state index in [4.69, 9.17) is 14.6 Å². The van der Waals surface area contributed by atoms with Crippen molar-refractivity contribution in [1.29, 1.82) is 0 Å². The van der Waals surface area contributed by atoms with Gasteiger partial charge in [0.1, 0.15) is 12.4 Å². The molecule has 8 nitrogen and oxygen atoms in total. The summed E-state index contributed by atoms with van der Waals surface area (Å²) in [6.07, 6.45) is 0.125. The van der Waals surface area contributed by atoms with E-state index in [2.05, 4.69) is 5.32 Å². The Morgan fingerprint density at radius 3 is 2.83 bits per heavy atom. The predicted octanol–water partition coefficient (Wildman–Crippen LogP) is 0.265. The zero-order chi connectivity index (χ0) is 17.5. The number of methoxy groups -OCH3 is 1. The van der Waals surface area contributed by atoms with Crippen LogP contribution in [-0.2, 0) is 19.1 Å². The standard InChI is InChI=1S/C16H20N2O6/c1-23-13-5-3-2-4-12(13)18-9-11(8-14(18)19)16(22)17-6-7-24-10-15(20)21/h2-5,11H,6-10H2,1H3,(H,17,22)(H,20,21). The Hall–Kier alpha value is -2.61. The highest BCUT2D eigenvalue weighted by molar-refractivity contribution is 6.01. The molecule has 2 rings (SSSR count). The maximum Gasteiger partial charge on any atom is 0.329 e. The predicted molar refractivity (Wildman–Crippen MR) is 84.9 cm³/mol. The first-order valence-corrected chi connectivity index (χ1v) is 7.53. The van der Waals surface area contributed by atoms with Crippen LogP contribution in [0.1, 0.15) is 6.42 Å². The number of para-hydroxylation sites is 2. The van der Waals surface area contributed by atoms with Crippen LogP contribution >= 0.6 is 0 Å². The van der Waals surface area contributed by atoms with Crippen LogP contribution in [0.4, 0.5) is 5.69 Å². The molecule has 2 amide bonds. The second-order valence-corrected chi connectivity index (χ2v) is 5.31. The summed E-state index contributed by atoms with van der Waals surface area (Å²) in [5.41, 5.74) is 0.644. The van der Waals surface area contributed by atoms with Gasteiger partial charge in [-0.25, -0.2) is 4.79 Å². The molecular weight excluding hydrogens is 316 g/mol. The lowest BCUT2D eigenvalue weighted by Crippen LogP contribution is -2.35. The minimum atomic E-state index is -1.06. The summed E-state index contributed by atoms with van der Waals surface area (Å²) in [5, 5.41) is 11.1. The van der Waals surface area contributed by atoms with Crippen molar-refractivity contribution in [2.75, 3.05) is 38.3 Å². The Morgan fingerprint density at radius 1 is 1.38 bits per heavy atom. The number of hydrogen-bond donors (Lipinski definition) is 2. The molecule has 0 spiro atoms. The number of carbonyl (C=O) groups excluding carboxylic acids is 2. The molecule has 0 saturated carbocycles. The maximum absolute atomic E-state index is 12.2. The van der Waals surface area contributed by atoms with E-state index in [0.29, 0.717) is 11.4 Å². The molecule has 2 N–H and O–H groups in total. The number of aliphatic carboxylic acids is 1. The zero-order valence-corrected chi connectivity index (χ0v) is 13.4. The van der Waals surface area contributed by atoms with Gasteiger partial charge in [-0.1, -0.05) is 12.1 Å². The Balaban J connectivity index is 1.87. The first-order valence-electron chi connectivity index (χ1n) is 7.53. The van der Waals surface area contributed by atoms with Crippen LogP contribution in [0.5, 0.6) is 5.75 Å². The highest BCUT2D eigenvalue weighted by atomic mass is 16.5. The Morgan fingerprint density at radius 2 is 2.12 bits per heavy atom. The van der Waals surface area contributed by atoms with Gasteiger partial charge in [0.15, 0.2) is 0 Å². The van der Waals surface area contributed by atoms with Gasteiger partial charge in [-0.2, -0.15) is 0 Å². The van der Waals surface area contributed by atoms with E-state index in [9.17, 15) is 14.4 Å². The van der Waals surface area contributed by atoms with Crippen molar-refractivity contribution in [2.24, 2.45) is 5.92 Å². The van der Waals surface area contributed by atoms with Crippen molar-refractivity contribution in [3.8, 4) is 5.75 Å². The quantitative estimate of drug-likeness (QED) is 0.660. The molecular formula is C16H20N2O6. The smallest absolute Gasteiger partial charge is 0.329 e. The zero-order valence-electron chi connectivity index (χ0n) is 13.4. The lowest BCUT2D eigenvalue weighted by molar-refractivity contribution is -0.142. The van der Waals surface area contributed by atoms with Gasteiger partial charge < -0.3 is 24.8 Å². The summed E-state index contributed by atoms with van der Waals surface area (Å²) < 4.78 is 10.1. The molecule has 1 saturated heterocycles. The molecule has 0 bridgehead atoms. The Kier molecular flexibility index (Phi) is 6.14.